The standard InChI is InChI=1S/C19H24F3N5O2/c1-25-10-12(8-17(25)28)18(29)26-6-4-14(5-7-26)27(13-2-3-13)16-9-15(19(20,21)22)23-11-24-16/h9,11-14H,2-8,10H2,1H3. The maximum absolute atomic E-state index is 13.1. The van der Waals surface area contributed by atoms with Crippen molar-refractivity contribution >= 4 is 17.6 Å². The number of hydrogen-bond acceptors (Lipinski definition) is 5. The summed E-state index contributed by atoms with van der Waals surface area (Å²) in [5.41, 5.74) is -0.934. The molecular weight excluding hydrogens is 387 g/mol. The number of amides is 2. The van der Waals surface area contributed by atoms with Gasteiger partial charge in [0, 0.05) is 51.3 Å². The van der Waals surface area contributed by atoms with E-state index in [1.54, 1.807) is 16.8 Å². The Morgan fingerprint density at radius 2 is 1.79 bits per heavy atom. The van der Waals surface area contributed by atoms with Crippen molar-refractivity contribution in [2.24, 2.45) is 5.92 Å². The van der Waals surface area contributed by atoms with E-state index in [1.807, 2.05) is 4.90 Å². The van der Waals surface area contributed by atoms with Gasteiger partial charge in [-0.3, -0.25) is 9.59 Å². The number of likely N-dealkylation sites (tertiary alicyclic amines) is 2. The fourth-order valence-electron chi connectivity index (χ4n) is 4.32. The molecule has 2 aliphatic heterocycles. The second-order valence-corrected chi connectivity index (χ2v) is 8.13. The minimum absolute atomic E-state index is 0.000478. The molecule has 29 heavy (non-hydrogen) atoms. The molecule has 2 saturated heterocycles. The lowest BCUT2D eigenvalue weighted by atomic mass is 9.99. The molecule has 158 valence electrons. The Bertz CT molecular complexity index is 790. The number of hydrogen-bond donors (Lipinski definition) is 0. The van der Waals surface area contributed by atoms with Crippen LogP contribution in [0.15, 0.2) is 12.4 Å². The quantitative estimate of drug-likeness (QED) is 0.757. The van der Waals surface area contributed by atoms with Crippen molar-refractivity contribution in [3.05, 3.63) is 18.1 Å². The normalized spacial score (nSPS) is 23.6. The number of piperidine rings is 1. The molecule has 0 radical (unpaired) electrons. The highest BCUT2D eigenvalue weighted by Crippen LogP contribution is 2.37. The minimum atomic E-state index is -4.51. The van der Waals surface area contributed by atoms with Crippen LogP contribution in [0.3, 0.4) is 0 Å². The number of rotatable bonds is 4. The summed E-state index contributed by atoms with van der Waals surface area (Å²) in [4.78, 5) is 37.3. The van der Waals surface area contributed by atoms with Crippen LogP contribution in [-0.2, 0) is 15.8 Å². The molecule has 10 heteroatoms. The van der Waals surface area contributed by atoms with E-state index in [9.17, 15) is 22.8 Å². The molecule has 0 bridgehead atoms. The van der Waals surface area contributed by atoms with Crippen LogP contribution in [0.4, 0.5) is 19.0 Å². The molecule has 1 saturated carbocycles. The first-order valence-corrected chi connectivity index (χ1v) is 9.94. The Kier molecular flexibility index (Phi) is 5.12. The van der Waals surface area contributed by atoms with Gasteiger partial charge in [0.2, 0.25) is 11.8 Å². The van der Waals surface area contributed by atoms with Crippen LogP contribution in [0.5, 0.6) is 0 Å². The molecule has 0 spiro atoms. The summed E-state index contributed by atoms with van der Waals surface area (Å²) >= 11 is 0. The number of anilines is 1. The highest BCUT2D eigenvalue weighted by Gasteiger charge is 2.41. The topological polar surface area (TPSA) is 69.6 Å². The molecule has 0 aromatic carbocycles. The molecule has 1 atom stereocenters. The van der Waals surface area contributed by atoms with Crippen molar-refractivity contribution in [3.8, 4) is 0 Å². The molecule has 1 aliphatic carbocycles. The SMILES string of the molecule is CN1CC(C(=O)N2CCC(N(c3cc(C(F)(F)F)ncn3)C3CC3)CC2)CC1=O. The summed E-state index contributed by atoms with van der Waals surface area (Å²) in [6.07, 6.45) is -0.0742. The van der Waals surface area contributed by atoms with Gasteiger partial charge >= 0.3 is 6.18 Å². The van der Waals surface area contributed by atoms with E-state index in [0.29, 0.717) is 38.3 Å². The van der Waals surface area contributed by atoms with Crippen LogP contribution in [0.1, 0.15) is 37.8 Å². The van der Waals surface area contributed by atoms with Crippen LogP contribution in [0, 0.1) is 5.92 Å². The summed E-state index contributed by atoms with van der Waals surface area (Å²) in [6.45, 7) is 1.53. The lowest BCUT2D eigenvalue weighted by Gasteiger charge is -2.40. The van der Waals surface area contributed by atoms with Crippen molar-refractivity contribution in [1.29, 1.82) is 0 Å². The molecule has 1 unspecified atom stereocenters. The van der Waals surface area contributed by atoms with Gasteiger partial charge in [0.1, 0.15) is 17.8 Å². The lowest BCUT2D eigenvalue weighted by molar-refractivity contribution is -0.141. The first-order valence-electron chi connectivity index (χ1n) is 9.94. The van der Waals surface area contributed by atoms with Gasteiger partial charge < -0.3 is 14.7 Å². The van der Waals surface area contributed by atoms with Gasteiger partial charge in [-0.15, -0.1) is 0 Å². The smallest absolute Gasteiger partial charge is 0.350 e. The van der Waals surface area contributed by atoms with Crippen LogP contribution in [0.25, 0.3) is 0 Å². The van der Waals surface area contributed by atoms with Crippen molar-refractivity contribution < 1.29 is 22.8 Å². The summed E-state index contributed by atoms with van der Waals surface area (Å²) in [7, 11) is 1.70. The minimum Gasteiger partial charge on any atom is -0.350 e. The van der Waals surface area contributed by atoms with Gasteiger partial charge in [-0.05, 0) is 25.7 Å². The van der Waals surface area contributed by atoms with Gasteiger partial charge in [0.15, 0.2) is 0 Å². The summed E-state index contributed by atoms with van der Waals surface area (Å²) in [6, 6.07) is 1.25. The molecule has 2 amide bonds. The van der Waals surface area contributed by atoms with Gasteiger partial charge in [0.25, 0.3) is 0 Å². The Morgan fingerprint density at radius 1 is 1.14 bits per heavy atom. The number of carbonyl (C=O) groups excluding carboxylic acids is 2. The zero-order valence-corrected chi connectivity index (χ0v) is 16.2. The summed E-state index contributed by atoms with van der Waals surface area (Å²) < 4.78 is 39.2. The van der Waals surface area contributed by atoms with E-state index < -0.39 is 11.9 Å². The van der Waals surface area contributed by atoms with E-state index in [-0.39, 0.29) is 36.2 Å². The van der Waals surface area contributed by atoms with Crippen LogP contribution < -0.4 is 4.90 Å². The fraction of sp³-hybridized carbons (Fsp3) is 0.684. The third-order valence-corrected chi connectivity index (χ3v) is 6.01. The largest absolute Gasteiger partial charge is 0.433 e. The lowest BCUT2D eigenvalue weighted by Crippen LogP contribution is -2.49. The molecule has 3 fully saturated rings. The third kappa shape index (κ3) is 4.16. The molecule has 4 rings (SSSR count). The third-order valence-electron chi connectivity index (χ3n) is 6.01. The maximum Gasteiger partial charge on any atom is 0.433 e. The Labute approximate surface area is 166 Å². The van der Waals surface area contributed by atoms with E-state index in [2.05, 4.69) is 9.97 Å². The average molecular weight is 411 g/mol. The first-order chi connectivity index (χ1) is 13.7. The average Bonchev–Trinajstić information content (AvgIpc) is 3.46. The van der Waals surface area contributed by atoms with Crippen molar-refractivity contribution in [3.63, 3.8) is 0 Å². The van der Waals surface area contributed by atoms with Gasteiger partial charge in [-0.2, -0.15) is 13.2 Å². The maximum atomic E-state index is 13.1. The van der Waals surface area contributed by atoms with E-state index in [0.717, 1.165) is 25.2 Å². The predicted octanol–water partition coefficient (Wildman–Crippen LogP) is 1.93. The van der Waals surface area contributed by atoms with Crippen molar-refractivity contribution in [2.45, 2.75) is 50.4 Å². The van der Waals surface area contributed by atoms with Gasteiger partial charge in [-0.25, -0.2) is 9.97 Å². The Hall–Kier alpha value is -2.39. The highest BCUT2D eigenvalue weighted by atomic mass is 19.4. The zero-order valence-electron chi connectivity index (χ0n) is 16.2. The number of alkyl halides is 3. The summed E-state index contributed by atoms with van der Waals surface area (Å²) in [5.74, 6) is 0.00491. The predicted molar refractivity (Wildman–Crippen MR) is 97.9 cm³/mol. The number of nitrogens with zero attached hydrogens (tertiary/aromatic N) is 5. The molecule has 3 aliphatic rings. The first kappa shape index (κ1) is 19.9. The fourth-order valence-corrected chi connectivity index (χ4v) is 4.32. The molecule has 7 nitrogen and oxygen atoms in total. The van der Waals surface area contributed by atoms with Crippen LogP contribution in [-0.4, -0.2) is 70.3 Å². The Balaban J connectivity index is 1.43. The molecule has 0 N–H and O–H groups in total. The highest BCUT2D eigenvalue weighted by molar-refractivity contribution is 5.89. The van der Waals surface area contributed by atoms with Crippen molar-refractivity contribution in [1.82, 2.24) is 19.8 Å². The summed E-state index contributed by atoms with van der Waals surface area (Å²) in [5, 5.41) is 0. The van der Waals surface area contributed by atoms with E-state index in [1.165, 1.54) is 0 Å². The Morgan fingerprint density at radius 3 is 2.34 bits per heavy atom. The molecule has 1 aromatic heterocycles. The van der Waals surface area contributed by atoms with Crippen LogP contribution in [0.2, 0.25) is 0 Å². The van der Waals surface area contributed by atoms with E-state index in [4.69, 9.17) is 0 Å². The van der Waals surface area contributed by atoms with Gasteiger partial charge in [0.05, 0.1) is 5.92 Å². The number of carbonyl (C=O) groups is 2. The second kappa shape index (κ2) is 7.46. The number of halogens is 3. The van der Waals surface area contributed by atoms with Crippen LogP contribution >= 0.6 is 0 Å². The van der Waals surface area contributed by atoms with Crippen molar-refractivity contribution in [2.75, 3.05) is 31.6 Å². The van der Waals surface area contributed by atoms with Gasteiger partial charge in [-0.1, -0.05) is 0 Å². The monoisotopic (exact) mass is 411 g/mol. The number of aromatic nitrogens is 2. The van der Waals surface area contributed by atoms with E-state index >= 15 is 0 Å². The molecular formula is C19H24F3N5O2. The second-order valence-electron chi connectivity index (χ2n) is 8.13. The zero-order chi connectivity index (χ0) is 20.8. The molecule has 3 heterocycles. The molecule has 1 aromatic rings.